The minimum Gasteiger partial charge on any atom is -0.481 e. The third-order valence-electron chi connectivity index (χ3n) is 4.34. The molecule has 0 radical (unpaired) electrons. The highest BCUT2D eigenvalue weighted by molar-refractivity contribution is 5.70. The Labute approximate surface area is 132 Å². The van der Waals surface area contributed by atoms with E-state index in [9.17, 15) is 9.59 Å². The molecule has 6 heteroatoms. The minimum atomic E-state index is -0.631. The van der Waals surface area contributed by atoms with Gasteiger partial charge in [0.15, 0.2) is 0 Å². The zero-order valence-corrected chi connectivity index (χ0v) is 13.4. The Morgan fingerprint density at radius 2 is 1.09 bits per heavy atom. The largest absolute Gasteiger partial charge is 0.481 e. The molecule has 1 unspecified atom stereocenters. The van der Waals surface area contributed by atoms with Crippen LogP contribution in [0.3, 0.4) is 0 Å². The van der Waals surface area contributed by atoms with E-state index >= 15 is 0 Å². The third-order valence-corrected chi connectivity index (χ3v) is 4.34. The van der Waals surface area contributed by atoms with E-state index in [1.54, 1.807) is 0 Å². The van der Waals surface area contributed by atoms with Crippen LogP contribution >= 0.6 is 0 Å². The highest BCUT2D eigenvalue weighted by Crippen LogP contribution is 2.15. The van der Waals surface area contributed by atoms with E-state index in [0.717, 1.165) is 77.5 Å². The molecule has 0 saturated carbocycles. The molecule has 0 bridgehead atoms. The Morgan fingerprint density at radius 3 is 1.68 bits per heavy atom. The summed E-state index contributed by atoms with van der Waals surface area (Å²) in [6, 6.07) is 0. The minimum absolute atomic E-state index is 0.0860. The molecule has 1 atom stereocenters. The van der Waals surface area contributed by atoms with Crippen LogP contribution < -0.4 is 10.6 Å². The fourth-order valence-corrected chi connectivity index (χ4v) is 2.90. The van der Waals surface area contributed by atoms with Crippen molar-refractivity contribution in [1.29, 1.82) is 0 Å². The van der Waals surface area contributed by atoms with Gasteiger partial charge in [-0.1, -0.05) is 6.42 Å². The van der Waals surface area contributed by atoms with Gasteiger partial charge in [-0.25, -0.2) is 0 Å². The van der Waals surface area contributed by atoms with Crippen LogP contribution in [0.15, 0.2) is 0 Å². The molecule has 0 aromatic rings. The van der Waals surface area contributed by atoms with Crippen LogP contribution in [0.4, 0.5) is 0 Å². The second-order valence-corrected chi connectivity index (χ2v) is 6.14. The van der Waals surface area contributed by atoms with Gasteiger partial charge in [-0.15, -0.1) is 0 Å². The van der Waals surface area contributed by atoms with Gasteiger partial charge in [-0.3, -0.25) is 9.59 Å². The van der Waals surface area contributed by atoms with Gasteiger partial charge in [0.05, 0.1) is 11.8 Å². The van der Waals surface area contributed by atoms with Crippen molar-refractivity contribution in [2.24, 2.45) is 11.8 Å². The average Bonchev–Trinajstić information content (AvgIpc) is 2.37. The fourth-order valence-electron chi connectivity index (χ4n) is 2.90. The number of hydrogen-bond donors (Lipinski definition) is 4. The maximum Gasteiger partial charge on any atom is 0.306 e. The van der Waals surface area contributed by atoms with Crippen LogP contribution in [0.5, 0.6) is 0 Å². The smallest absolute Gasteiger partial charge is 0.306 e. The number of nitrogens with one attached hydrogen (secondary N) is 2. The summed E-state index contributed by atoms with van der Waals surface area (Å²) in [7, 11) is 0. The van der Waals surface area contributed by atoms with Crippen LogP contribution in [-0.4, -0.2) is 48.3 Å². The Balaban J connectivity index is 0.000000220. The summed E-state index contributed by atoms with van der Waals surface area (Å²) < 4.78 is 0. The molecule has 2 rings (SSSR count). The standard InChI is InChI=1S/2C8H15NO2/c10-8(11)7-3-1-5-9-6-2-4-7;10-8(11)7-3-1-2-5-9-6-4-7/h2*7,9H,1-6H2,(H,10,11). The molecule has 0 spiro atoms. The first-order valence-corrected chi connectivity index (χ1v) is 8.48. The molecule has 22 heavy (non-hydrogen) atoms. The van der Waals surface area contributed by atoms with Crippen molar-refractivity contribution < 1.29 is 19.8 Å². The predicted molar refractivity (Wildman–Crippen MR) is 84.9 cm³/mol. The van der Waals surface area contributed by atoms with E-state index in [0.29, 0.717) is 0 Å². The molecular weight excluding hydrogens is 284 g/mol. The number of carbonyl (C=O) groups is 2. The maximum atomic E-state index is 10.6. The summed E-state index contributed by atoms with van der Waals surface area (Å²) in [6.45, 7) is 3.86. The second-order valence-electron chi connectivity index (χ2n) is 6.14. The van der Waals surface area contributed by atoms with Crippen molar-refractivity contribution in [3.05, 3.63) is 0 Å². The molecule has 0 aromatic carbocycles. The normalized spacial score (nSPS) is 24.6. The van der Waals surface area contributed by atoms with E-state index < -0.39 is 11.9 Å². The monoisotopic (exact) mass is 314 g/mol. The predicted octanol–water partition coefficient (Wildman–Crippen LogP) is 1.70. The summed E-state index contributed by atoms with van der Waals surface area (Å²) in [6.07, 6.45) is 7.47. The summed E-state index contributed by atoms with van der Waals surface area (Å²) >= 11 is 0. The van der Waals surface area contributed by atoms with Crippen LogP contribution in [0, 0.1) is 11.8 Å². The Kier molecular flexibility index (Phi) is 9.82. The first kappa shape index (κ1) is 18.9. The lowest BCUT2D eigenvalue weighted by Crippen LogP contribution is -2.25. The Bertz CT molecular complexity index is 288. The molecule has 128 valence electrons. The van der Waals surface area contributed by atoms with Gasteiger partial charge >= 0.3 is 11.9 Å². The molecule has 0 aromatic heterocycles. The number of rotatable bonds is 2. The molecule has 2 aliphatic rings. The van der Waals surface area contributed by atoms with Gasteiger partial charge in [-0.05, 0) is 71.1 Å². The topological polar surface area (TPSA) is 98.7 Å². The average molecular weight is 314 g/mol. The third kappa shape index (κ3) is 8.34. The summed E-state index contributed by atoms with van der Waals surface area (Å²) in [5.74, 6) is -1.44. The zero-order valence-electron chi connectivity index (χ0n) is 13.4. The van der Waals surface area contributed by atoms with Crippen LogP contribution in [0.1, 0.15) is 51.4 Å². The maximum absolute atomic E-state index is 10.6. The summed E-state index contributed by atoms with van der Waals surface area (Å²) in [5.41, 5.74) is 0. The zero-order chi connectivity index (χ0) is 16.2. The van der Waals surface area contributed by atoms with E-state index in [4.69, 9.17) is 10.2 Å². The van der Waals surface area contributed by atoms with Gasteiger partial charge in [0.25, 0.3) is 0 Å². The van der Waals surface area contributed by atoms with Gasteiger partial charge in [0.2, 0.25) is 0 Å². The number of hydrogen-bond acceptors (Lipinski definition) is 4. The molecule has 2 fully saturated rings. The molecule has 0 aliphatic carbocycles. The lowest BCUT2D eigenvalue weighted by Gasteiger charge is -2.15. The quantitative estimate of drug-likeness (QED) is 0.619. The fraction of sp³-hybridized carbons (Fsp3) is 0.875. The van der Waals surface area contributed by atoms with Gasteiger partial charge in [-0.2, -0.15) is 0 Å². The Hall–Kier alpha value is -1.14. The van der Waals surface area contributed by atoms with Gasteiger partial charge in [0, 0.05) is 0 Å². The molecule has 4 N–H and O–H groups in total. The van der Waals surface area contributed by atoms with Crippen molar-refractivity contribution in [1.82, 2.24) is 10.6 Å². The van der Waals surface area contributed by atoms with Crippen LogP contribution in [0.2, 0.25) is 0 Å². The van der Waals surface area contributed by atoms with Crippen molar-refractivity contribution in [2.75, 3.05) is 26.2 Å². The second kappa shape index (κ2) is 11.4. The first-order valence-electron chi connectivity index (χ1n) is 8.48. The van der Waals surface area contributed by atoms with Crippen LogP contribution in [-0.2, 0) is 9.59 Å². The van der Waals surface area contributed by atoms with E-state index in [1.165, 1.54) is 0 Å². The van der Waals surface area contributed by atoms with E-state index in [-0.39, 0.29) is 11.8 Å². The molecule has 0 amide bonds. The summed E-state index contributed by atoms with van der Waals surface area (Å²) in [5, 5.41) is 23.9. The van der Waals surface area contributed by atoms with Crippen molar-refractivity contribution in [3.63, 3.8) is 0 Å². The van der Waals surface area contributed by atoms with Crippen molar-refractivity contribution in [2.45, 2.75) is 51.4 Å². The van der Waals surface area contributed by atoms with Crippen molar-refractivity contribution >= 4 is 11.9 Å². The molecular formula is C16H30N2O4. The van der Waals surface area contributed by atoms with Crippen LogP contribution in [0.25, 0.3) is 0 Å². The number of carboxylic acid groups (broad SMARTS) is 2. The SMILES string of the molecule is O=C(O)C1CCCCNCC1.O=C(O)C1CCCNCCC1. The van der Waals surface area contributed by atoms with Gasteiger partial charge in [0.1, 0.15) is 0 Å². The lowest BCUT2D eigenvalue weighted by molar-refractivity contribution is -0.143. The Morgan fingerprint density at radius 1 is 0.636 bits per heavy atom. The molecule has 2 saturated heterocycles. The molecule has 2 heterocycles. The number of aliphatic carboxylic acids is 2. The van der Waals surface area contributed by atoms with E-state index in [2.05, 4.69) is 10.6 Å². The molecule has 2 aliphatic heterocycles. The summed E-state index contributed by atoms with van der Waals surface area (Å²) in [4.78, 5) is 21.2. The van der Waals surface area contributed by atoms with E-state index in [1.807, 2.05) is 0 Å². The van der Waals surface area contributed by atoms with Gasteiger partial charge < -0.3 is 20.8 Å². The first-order chi connectivity index (χ1) is 10.6. The number of carboxylic acids is 2. The lowest BCUT2D eigenvalue weighted by atomic mass is 9.96. The van der Waals surface area contributed by atoms with Crippen molar-refractivity contribution in [3.8, 4) is 0 Å². The highest BCUT2D eigenvalue weighted by Gasteiger charge is 2.18. The highest BCUT2D eigenvalue weighted by atomic mass is 16.4. The molecule has 6 nitrogen and oxygen atoms in total.